The van der Waals surface area contributed by atoms with Gasteiger partial charge in [-0.3, -0.25) is 4.79 Å². The Morgan fingerprint density at radius 2 is 2.00 bits per heavy atom. The molecule has 0 bridgehead atoms. The minimum Gasteiger partial charge on any atom is -0.466 e. The van der Waals surface area contributed by atoms with Crippen LogP contribution in [0.3, 0.4) is 0 Å². The lowest BCUT2D eigenvalue weighted by molar-refractivity contribution is -0.137. The van der Waals surface area contributed by atoms with Crippen LogP contribution in [-0.4, -0.2) is 18.9 Å². The molecule has 4 nitrogen and oxygen atoms in total. The van der Waals surface area contributed by atoms with E-state index >= 15 is 0 Å². The van der Waals surface area contributed by atoms with Crippen LogP contribution >= 0.6 is 0 Å². The van der Waals surface area contributed by atoms with E-state index in [1.807, 2.05) is 0 Å². The minimum absolute atomic E-state index is 0.157. The number of hydrogen-bond acceptors (Lipinski definition) is 4. The van der Waals surface area contributed by atoms with Crippen LogP contribution in [0.2, 0.25) is 0 Å². The molecule has 1 aromatic carbocycles. The molecule has 7 heteroatoms. The van der Waals surface area contributed by atoms with Crippen molar-refractivity contribution in [2.75, 3.05) is 7.11 Å². The maximum atomic E-state index is 13.1. The number of rotatable bonds is 2. The van der Waals surface area contributed by atoms with Gasteiger partial charge in [-0.25, -0.2) is 4.79 Å². The van der Waals surface area contributed by atoms with Crippen molar-refractivity contribution >= 4 is 11.8 Å². The molecular weight excluding hydrogens is 347 g/mol. The number of esters is 1. The Kier molecular flexibility index (Phi) is 4.64. The number of alkyl halides is 3. The zero-order valence-corrected chi connectivity index (χ0v) is 14.4. The average molecular weight is 365 g/mol. The number of nitrogens with one attached hydrogen (secondary N) is 1. The molecule has 3 rings (SSSR count). The van der Waals surface area contributed by atoms with Crippen molar-refractivity contribution in [3.63, 3.8) is 0 Å². The molecule has 0 saturated heterocycles. The van der Waals surface area contributed by atoms with E-state index in [0.717, 1.165) is 12.1 Å². The second kappa shape index (κ2) is 6.63. The molecule has 0 amide bonds. The fourth-order valence-corrected chi connectivity index (χ4v) is 3.59. The molecule has 1 unspecified atom stereocenters. The molecule has 1 atom stereocenters. The molecule has 0 aromatic heterocycles. The summed E-state index contributed by atoms with van der Waals surface area (Å²) in [5.41, 5.74) is 1.13. The van der Waals surface area contributed by atoms with Gasteiger partial charge in [0.2, 0.25) is 0 Å². The summed E-state index contributed by atoms with van der Waals surface area (Å²) in [5, 5.41) is 3.07. The number of carbonyl (C=O) groups is 2. The van der Waals surface area contributed by atoms with Gasteiger partial charge in [0.1, 0.15) is 0 Å². The predicted octanol–water partition coefficient (Wildman–Crippen LogP) is 3.85. The summed E-state index contributed by atoms with van der Waals surface area (Å²) < 4.78 is 44.3. The Morgan fingerprint density at radius 1 is 1.27 bits per heavy atom. The number of ether oxygens (including phenoxy) is 1. The Labute approximate surface area is 148 Å². The molecule has 138 valence electrons. The van der Waals surface area contributed by atoms with Gasteiger partial charge in [0, 0.05) is 29.3 Å². The summed E-state index contributed by atoms with van der Waals surface area (Å²) in [6.45, 7) is 1.66. The Hall–Kier alpha value is -2.57. The zero-order chi connectivity index (χ0) is 19.1. The van der Waals surface area contributed by atoms with Crippen LogP contribution in [0.1, 0.15) is 43.2 Å². The highest BCUT2D eigenvalue weighted by molar-refractivity contribution is 6.03. The first kappa shape index (κ1) is 18.2. The molecule has 0 saturated carbocycles. The standard InChI is InChI=1S/C19H18F3NO3/c1-10-15(18(25)26-2)16(17-13(23-10)7-4-8-14(17)24)11-5-3-6-12(9-11)19(20,21)22/h3,5-6,9,16,23H,4,7-8H2,1-2H3. The summed E-state index contributed by atoms with van der Waals surface area (Å²) in [4.78, 5) is 24.9. The number of halogens is 3. The van der Waals surface area contributed by atoms with Crippen molar-refractivity contribution < 1.29 is 27.5 Å². The highest BCUT2D eigenvalue weighted by Crippen LogP contribution is 2.43. The van der Waals surface area contributed by atoms with Gasteiger partial charge in [-0.05, 0) is 31.4 Å². The van der Waals surface area contributed by atoms with Crippen molar-refractivity contribution in [1.82, 2.24) is 5.32 Å². The van der Waals surface area contributed by atoms with Gasteiger partial charge in [-0.1, -0.05) is 18.2 Å². The first-order chi connectivity index (χ1) is 12.2. The van der Waals surface area contributed by atoms with Crippen molar-refractivity contribution in [3.05, 3.63) is 57.9 Å². The first-order valence-corrected chi connectivity index (χ1v) is 8.23. The van der Waals surface area contributed by atoms with Crippen LogP contribution in [0, 0.1) is 0 Å². The topological polar surface area (TPSA) is 55.4 Å². The molecule has 1 heterocycles. The number of carbonyl (C=O) groups excluding carboxylic acids is 2. The van der Waals surface area contributed by atoms with E-state index in [9.17, 15) is 22.8 Å². The fourth-order valence-electron chi connectivity index (χ4n) is 3.59. The van der Waals surface area contributed by atoms with Crippen LogP contribution in [-0.2, 0) is 20.5 Å². The highest BCUT2D eigenvalue weighted by Gasteiger charge is 2.40. The van der Waals surface area contributed by atoms with Crippen LogP contribution in [0.5, 0.6) is 0 Å². The smallest absolute Gasteiger partial charge is 0.416 e. The van der Waals surface area contributed by atoms with Gasteiger partial charge in [-0.2, -0.15) is 13.2 Å². The fraction of sp³-hybridized carbons (Fsp3) is 0.368. The largest absolute Gasteiger partial charge is 0.466 e. The Balaban J connectivity index is 2.21. The lowest BCUT2D eigenvalue weighted by atomic mass is 9.75. The van der Waals surface area contributed by atoms with Gasteiger partial charge in [0.05, 0.1) is 18.2 Å². The second-order valence-electron chi connectivity index (χ2n) is 6.38. The number of benzene rings is 1. The van der Waals surface area contributed by atoms with E-state index in [1.165, 1.54) is 19.2 Å². The molecular formula is C19H18F3NO3. The lowest BCUT2D eigenvalue weighted by Crippen LogP contribution is -2.34. The van der Waals surface area contributed by atoms with Gasteiger partial charge >= 0.3 is 12.1 Å². The average Bonchev–Trinajstić information content (AvgIpc) is 2.59. The molecule has 2 aliphatic rings. The summed E-state index contributed by atoms with van der Waals surface area (Å²) in [5.74, 6) is -1.69. The number of hydrogen-bond donors (Lipinski definition) is 1. The van der Waals surface area contributed by atoms with Gasteiger partial charge in [-0.15, -0.1) is 0 Å². The van der Waals surface area contributed by atoms with Crippen molar-refractivity contribution in [3.8, 4) is 0 Å². The monoisotopic (exact) mass is 365 g/mol. The maximum Gasteiger partial charge on any atom is 0.416 e. The predicted molar refractivity (Wildman–Crippen MR) is 87.9 cm³/mol. The third-order valence-electron chi connectivity index (χ3n) is 4.73. The molecule has 0 radical (unpaired) electrons. The Morgan fingerprint density at radius 3 is 2.65 bits per heavy atom. The third-order valence-corrected chi connectivity index (χ3v) is 4.73. The SMILES string of the molecule is COC(=O)C1=C(C)NC2=C(C(=O)CCC2)C1c1cccc(C(F)(F)F)c1. The number of dihydropyridines is 1. The summed E-state index contributed by atoms with van der Waals surface area (Å²) in [7, 11) is 1.21. The van der Waals surface area contributed by atoms with E-state index in [0.29, 0.717) is 36.2 Å². The van der Waals surface area contributed by atoms with Crippen molar-refractivity contribution in [2.45, 2.75) is 38.3 Å². The number of ketones is 1. The summed E-state index contributed by atoms with van der Waals surface area (Å²) >= 11 is 0. The third kappa shape index (κ3) is 3.13. The van der Waals surface area contributed by atoms with Crippen LogP contribution in [0.25, 0.3) is 0 Å². The van der Waals surface area contributed by atoms with E-state index in [1.54, 1.807) is 6.92 Å². The lowest BCUT2D eigenvalue weighted by Gasteiger charge is -2.34. The molecule has 1 N–H and O–H groups in total. The van der Waals surface area contributed by atoms with E-state index in [4.69, 9.17) is 4.74 Å². The van der Waals surface area contributed by atoms with E-state index < -0.39 is 23.6 Å². The second-order valence-corrected chi connectivity index (χ2v) is 6.38. The number of methoxy groups -OCH3 is 1. The van der Waals surface area contributed by atoms with Crippen LogP contribution < -0.4 is 5.32 Å². The number of Topliss-reactive ketones (excluding diaryl/α,β-unsaturated/α-hetero) is 1. The van der Waals surface area contributed by atoms with E-state index in [2.05, 4.69) is 5.32 Å². The van der Waals surface area contributed by atoms with E-state index in [-0.39, 0.29) is 16.9 Å². The van der Waals surface area contributed by atoms with Crippen LogP contribution in [0.4, 0.5) is 13.2 Å². The molecule has 26 heavy (non-hydrogen) atoms. The molecule has 1 aromatic rings. The highest BCUT2D eigenvalue weighted by atomic mass is 19.4. The minimum atomic E-state index is -4.51. The maximum absolute atomic E-state index is 13.1. The van der Waals surface area contributed by atoms with Crippen molar-refractivity contribution in [2.24, 2.45) is 0 Å². The molecule has 1 aliphatic carbocycles. The van der Waals surface area contributed by atoms with Crippen LogP contribution in [0.15, 0.2) is 46.8 Å². The number of allylic oxidation sites excluding steroid dienone is 3. The van der Waals surface area contributed by atoms with Gasteiger partial charge < -0.3 is 10.1 Å². The zero-order valence-electron chi connectivity index (χ0n) is 14.4. The molecule has 0 fully saturated rings. The first-order valence-electron chi connectivity index (χ1n) is 8.23. The molecule has 1 aliphatic heterocycles. The molecule has 0 spiro atoms. The summed E-state index contributed by atoms with van der Waals surface area (Å²) in [6, 6.07) is 4.77. The summed E-state index contributed by atoms with van der Waals surface area (Å²) in [6.07, 6.45) is -2.92. The normalized spacial score (nSPS) is 20.7. The quantitative estimate of drug-likeness (QED) is 0.809. The van der Waals surface area contributed by atoms with Crippen molar-refractivity contribution in [1.29, 1.82) is 0 Å². The van der Waals surface area contributed by atoms with Gasteiger partial charge in [0.15, 0.2) is 5.78 Å². The van der Waals surface area contributed by atoms with Gasteiger partial charge in [0.25, 0.3) is 0 Å². The Bertz CT molecular complexity index is 837.